The molecular formula is C16H23N3O2. The minimum absolute atomic E-state index is 0.0497. The van der Waals surface area contributed by atoms with Crippen LogP contribution in [0.5, 0.6) is 0 Å². The highest BCUT2D eigenvalue weighted by atomic mass is 16.2. The molecule has 0 aromatic heterocycles. The molecule has 114 valence electrons. The van der Waals surface area contributed by atoms with E-state index in [1.165, 1.54) is 0 Å². The van der Waals surface area contributed by atoms with Crippen molar-refractivity contribution in [2.24, 2.45) is 5.92 Å². The van der Waals surface area contributed by atoms with E-state index >= 15 is 0 Å². The van der Waals surface area contributed by atoms with Crippen molar-refractivity contribution in [2.45, 2.75) is 32.7 Å². The first-order valence-corrected chi connectivity index (χ1v) is 7.46. The molecule has 5 nitrogen and oxygen atoms in total. The molecule has 0 radical (unpaired) electrons. The van der Waals surface area contributed by atoms with Gasteiger partial charge in [-0.25, -0.2) is 4.79 Å². The minimum Gasteiger partial charge on any atom is -0.338 e. The van der Waals surface area contributed by atoms with Crippen LogP contribution in [0.15, 0.2) is 30.3 Å². The van der Waals surface area contributed by atoms with Gasteiger partial charge in [0, 0.05) is 25.2 Å². The molecule has 2 rings (SSSR count). The Balaban J connectivity index is 1.81. The molecule has 1 aromatic rings. The summed E-state index contributed by atoms with van der Waals surface area (Å²) in [6.45, 7) is 5.42. The van der Waals surface area contributed by atoms with E-state index in [9.17, 15) is 9.59 Å². The Morgan fingerprint density at radius 1 is 1.33 bits per heavy atom. The van der Waals surface area contributed by atoms with Crippen molar-refractivity contribution in [1.82, 2.24) is 10.6 Å². The molecule has 1 saturated heterocycles. The molecule has 5 heteroatoms. The first-order valence-electron chi connectivity index (χ1n) is 7.46. The topological polar surface area (TPSA) is 61.4 Å². The van der Waals surface area contributed by atoms with Crippen molar-refractivity contribution in [3.8, 4) is 0 Å². The predicted octanol–water partition coefficient (Wildman–Crippen LogP) is 2.14. The van der Waals surface area contributed by atoms with Crippen molar-refractivity contribution < 1.29 is 9.59 Å². The van der Waals surface area contributed by atoms with Crippen molar-refractivity contribution in [2.75, 3.05) is 18.0 Å². The van der Waals surface area contributed by atoms with Crippen LogP contribution in [-0.2, 0) is 4.79 Å². The Labute approximate surface area is 125 Å². The van der Waals surface area contributed by atoms with E-state index in [0.29, 0.717) is 25.4 Å². The van der Waals surface area contributed by atoms with Crippen molar-refractivity contribution in [3.63, 3.8) is 0 Å². The average Bonchev–Trinajstić information content (AvgIpc) is 2.80. The molecule has 2 N–H and O–H groups in total. The Morgan fingerprint density at radius 2 is 2.05 bits per heavy atom. The lowest BCUT2D eigenvalue weighted by Gasteiger charge is -2.17. The summed E-state index contributed by atoms with van der Waals surface area (Å²) in [5.41, 5.74) is 0.881. The SMILES string of the molecule is CC(C)CCNC(=O)N[C@H]1CC(=O)N(c2ccccc2)C1. The number of amides is 3. The number of rotatable bonds is 5. The number of para-hydroxylation sites is 1. The van der Waals surface area contributed by atoms with Gasteiger partial charge in [-0.05, 0) is 24.5 Å². The van der Waals surface area contributed by atoms with Gasteiger partial charge in [0.1, 0.15) is 0 Å². The summed E-state index contributed by atoms with van der Waals surface area (Å²) in [6.07, 6.45) is 1.31. The van der Waals surface area contributed by atoms with E-state index in [1.807, 2.05) is 30.3 Å². The van der Waals surface area contributed by atoms with E-state index in [4.69, 9.17) is 0 Å². The standard InChI is InChI=1S/C16H23N3O2/c1-12(2)8-9-17-16(21)18-13-10-15(20)19(11-13)14-6-4-3-5-7-14/h3-7,12-13H,8-11H2,1-2H3,(H2,17,18,21)/t13-/m0/s1. The quantitative estimate of drug-likeness (QED) is 0.872. The van der Waals surface area contributed by atoms with Gasteiger partial charge >= 0.3 is 6.03 Å². The normalized spacial score (nSPS) is 18.1. The molecule has 0 saturated carbocycles. The fourth-order valence-electron chi connectivity index (χ4n) is 2.37. The summed E-state index contributed by atoms with van der Waals surface area (Å²) < 4.78 is 0. The van der Waals surface area contributed by atoms with Gasteiger partial charge in [0.05, 0.1) is 6.04 Å². The van der Waals surface area contributed by atoms with E-state index in [-0.39, 0.29) is 18.0 Å². The number of hydrogen-bond donors (Lipinski definition) is 2. The highest BCUT2D eigenvalue weighted by molar-refractivity contribution is 5.96. The number of benzene rings is 1. The Hall–Kier alpha value is -2.04. The van der Waals surface area contributed by atoms with Gasteiger partial charge in [0.25, 0.3) is 0 Å². The highest BCUT2D eigenvalue weighted by Gasteiger charge is 2.31. The lowest BCUT2D eigenvalue weighted by atomic mass is 10.1. The summed E-state index contributed by atoms with van der Waals surface area (Å²) in [6, 6.07) is 9.22. The monoisotopic (exact) mass is 289 g/mol. The minimum atomic E-state index is -0.191. The number of nitrogens with zero attached hydrogens (tertiary/aromatic N) is 1. The summed E-state index contributed by atoms with van der Waals surface area (Å²) in [5, 5.41) is 5.70. The van der Waals surface area contributed by atoms with Crippen LogP contribution in [0.3, 0.4) is 0 Å². The summed E-state index contributed by atoms with van der Waals surface area (Å²) in [5.74, 6) is 0.612. The third-order valence-corrected chi connectivity index (χ3v) is 3.54. The Kier molecular flexibility index (Phi) is 5.20. The molecule has 3 amide bonds. The lowest BCUT2D eigenvalue weighted by Crippen LogP contribution is -2.43. The van der Waals surface area contributed by atoms with Gasteiger partial charge in [-0.2, -0.15) is 0 Å². The molecule has 21 heavy (non-hydrogen) atoms. The maximum atomic E-state index is 12.0. The first kappa shape index (κ1) is 15.4. The number of nitrogens with one attached hydrogen (secondary N) is 2. The number of carbonyl (C=O) groups excluding carboxylic acids is 2. The summed E-state index contributed by atoms with van der Waals surface area (Å²) >= 11 is 0. The number of hydrogen-bond acceptors (Lipinski definition) is 2. The van der Waals surface area contributed by atoms with Gasteiger partial charge in [0.2, 0.25) is 5.91 Å². The Bertz CT molecular complexity index is 488. The van der Waals surface area contributed by atoms with Crippen molar-refractivity contribution >= 4 is 17.6 Å². The lowest BCUT2D eigenvalue weighted by molar-refractivity contribution is -0.117. The van der Waals surface area contributed by atoms with E-state index < -0.39 is 0 Å². The fourth-order valence-corrected chi connectivity index (χ4v) is 2.37. The van der Waals surface area contributed by atoms with E-state index in [2.05, 4.69) is 24.5 Å². The van der Waals surface area contributed by atoms with Gasteiger partial charge < -0.3 is 15.5 Å². The maximum Gasteiger partial charge on any atom is 0.315 e. The second-order valence-corrected chi connectivity index (χ2v) is 5.82. The number of urea groups is 1. The third kappa shape index (κ3) is 4.48. The summed E-state index contributed by atoms with van der Waals surface area (Å²) in [7, 11) is 0. The molecule has 0 spiro atoms. The molecule has 0 unspecified atom stereocenters. The highest BCUT2D eigenvalue weighted by Crippen LogP contribution is 2.20. The zero-order valence-electron chi connectivity index (χ0n) is 12.6. The molecule has 1 aliphatic rings. The smallest absolute Gasteiger partial charge is 0.315 e. The van der Waals surface area contributed by atoms with Crippen molar-refractivity contribution in [3.05, 3.63) is 30.3 Å². The van der Waals surface area contributed by atoms with Crippen LogP contribution in [0.2, 0.25) is 0 Å². The predicted molar refractivity (Wildman–Crippen MR) is 83.2 cm³/mol. The van der Waals surface area contributed by atoms with Gasteiger partial charge in [0.15, 0.2) is 0 Å². The maximum absolute atomic E-state index is 12.0. The molecule has 0 bridgehead atoms. The van der Waals surface area contributed by atoms with Crippen LogP contribution in [0.25, 0.3) is 0 Å². The molecule has 1 aromatic carbocycles. The molecule has 1 heterocycles. The van der Waals surface area contributed by atoms with Gasteiger partial charge in [-0.3, -0.25) is 4.79 Å². The van der Waals surface area contributed by atoms with Crippen LogP contribution in [0.1, 0.15) is 26.7 Å². The molecule has 0 aliphatic carbocycles. The zero-order valence-corrected chi connectivity index (χ0v) is 12.6. The van der Waals surface area contributed by atoms with Gasteiger partial charge in [-0.15, -0.1) is 0 Å². The van der Waals surface area contributed by atoms with Crippen LogP contribution >= 0.6 is 0 Å². The van der Waals surface area contributed by atoms with Crippen LogP contribution in [-0.4, -0.2) is 31.1 Å². The molecule has 1 fully saturated rings. The van der Waals surface area contributed by atoms with Crippen LogP contribution < -0.4 is 15.5 Å². The van der Waals surface area contributed by atoms with Crippen LogP contribution in [0, 0.1) is 5.92 Å². The molecular weight excluding hydrogens is 266 g/mol. The van der Waals surface area contributed by atoms with Crippen LogP contribution in [0.4, 0.5) is 10.5 Å². The third-order valence-electron chi connectivity index (χ3n) is 3.54. The Morgan fingerprint density at radius 3 is 2.71 bits per heavy atom. The zero-order chi connectivity index (χ0) is 15.2. The first-order chi connectivity index (χ1) is 10.1. The number of carbonyl (C=O) groups is 2. The van der Waals surface area contributed by atoms with E-state index in [1.54, 1.807) is 4.90 Å². The number of anilines is 1. The average molecular weight is 289 g/mol. The van der Waals surface area contributed by atoms with E-state index in [0.717, 1.165) is 12.1 Å². The summed E-state index contributed by atoms with van der Waals surface area (Å²) in [4.78, 5) is 25.5. The van der Waals surface area contributed by atoms with Crippen molar-refractivity contribution in [1.29, 1.82) is 0 Å². The second-order valence-electron chi connectivity index (χ2n) is 5.82. The molecule has 1 atom stereocenters. The fraction of sp³-hybridized carbons (Fsp3) is 0.500. The molecule has 1 aliphatic heterocycles. The largest absolute Gasteiger partial charge is 0.338 e. The van der Waals surface area contributed by atoms with Gasteiger partial charge in [-0.1, -0.05) is 32.0 Å². The second kappa shape index (κ2) is 7.11.